The van der Waals surface area contributed by atoms with E-state index >= 15 is 0 Å². The third-order valence-electron chi connectivity index (χ3n) is 5.09. The Morgan fingerprint density at radius 2 is 1.48 bits per heavy atom. The first-order valence-corrected chi connectivity index (χ1v) is 9.27. The van der Waals surface area contributed by atoms with Crippen molar-refractivity contribution in [3.8, 4) is 0 Å². The van der Waals surface area contributed by atoms with Crippen LogP contribution in [0.1, 0.15) is 10.5 Å². The summed E-state index contributed by atoms with van der Waals surface area (Å²) >= 11 is 0. The van der Waals surface area contributed by atoms with Crippen molar-refractivity contribution < 1.29 is 4.79 Å². The highest BCUT2D eigenvalue weighted by molar-refractivity contribution is 5.92. The molecule has 2 aliphatic heterocycles. The van der Waals surface area contributed by atoms with Gasteiger partial charge >= 0.3 is 0 Å². The zero-order chi connectivity index (χ0) is 18.6. The van der Waals surface area contributed by atoms with Crippen molar-refractivity contribution in [3.63, 3.8) is 0 Å². The molecule has 142 valence electrons. The van der Waals surface area contributed by atoms with Gasteiger partial charge in [-0.2, -0.15) is 0 Å². The number of anilines is 2. The second kappa shape index (κ2) is 7.83. The van der Waals surface area contributed by atoms with Gasteiger partial charge in [0, 0.05) is 64.8 Å². The van der Waals surface area contributed by atoms with Crippen LogP contribution in [0.3, 0.4) is 0 Å². The van der Waals surface area contributed by atoms with Crippen molar-refractivity contribution in [1.29, 1.82) is 0 Å². The summed E-state index contributed by atoms with van der Waals surface area (Å²) in [6, 6.07) is 1.82. The summed E-state index contributed by atoms with van der Waals surface area (Å²) in [6.07, 6.45) is 6.83. The average molecular weight is 368 g/mol. The first-order chi connectivity index (χ1) is 13.2. The Bertz CT molecular complexity index is 753. The number of aromatic nitrogens is 4. The molecule has 0 N–H and O–H groups in total. The maximum absolute atomic E-state index is 12.6. The molecule has 2 aromatic rings. The highest BCUT2D eigenvalue weighted by Gasteiger charge is 2.23. The molecule has 2 saturated heterocycles. The van der Waals surface area contributed by atoms with Crippen LogP contribution in [0.15, 0.2) is 30.9 Å². The van der Waals surface area contributed by atoms with E-state index in [1.807, 2.05) is 11.0 Å². The molecule has 4 rings (SSSR count). The zero-order valence-corrected chi connectivity index (χ0v) is 15.5. The molecule has 0 saturated carbocycles. The summed E-state index contributed by atoms with van der Waals surface area (Å²) < 4.78 is 0. The lowest BCUT2D eigenvalue weighted by Crippen LogP contribution is -2.48. The second-order valence-corrected chi connectivity index (χ2v) is 6.88. The Labute approximate surface area is 158 Å². The Balaban J connectivity index is 1.35. The summed E-state index contributed by atoms with van der Waals surface area (Å²) in [4.78, 5) is 38.4. The van der Waals surface area contributed by atoms with Gasteiger partial charge in [-0.15, -0.1) is 0 Å². The predicted octanol–water partition coefficient (Wildman–Crippen LogP) is -0.0192. The molecule has 0 atom stereocenters. The van der Waals surface area contributed by atoms with Crippen molar-refractivity contribution in [2.24, 2.45) is 0 Å². The summed E-state index contributed by atoms with van der Waals surface area (Å²) in [5, 5.41) is 0. The SMILES string of the molecule is CN1CCN(C(=O)c2cnc(N3CCN(c4ncccn4)CC3)cn2)CC1. The van der Waals surface area contributed by atoms with Crippen LogP contribution in [-0.2, 0) is 0 Å². The van der Waals surface area contributed by atoms with Crippen molar-refractivity contribution >= 4 is 17.7 Å². The molecular weight excluding hydrogens is 344 g/mol. The van der Waals surface area contributed by atoms with Gasteiger partial charge in [0.2, 0.25) is 5.95 Å². The Morgan fingerprint density at radius 1 is 0.815 bits per heavy atom. The third kappa shape index (κ3) is 3.97. The van der Waals surface area contributed by atoms with Crippen LogP contribution in [0.2, 0.25) is 0 Å². The lowest BCUT2D eigenvalue weighted by molar-refractivity contribution is 0.0658. The highest BCUT2D eigenvalue weighted by Crippen LogP contribution is 2.16. The van der Waals surface area contributed by atoms with E-state index in [-0.39, 0.29) is 5.91 Å². The molecule has 1 amide bonds. The maximum Gasteiger partial charge on any atom is 0.274 e. The van der Waals surface area contributed by atoms with Crippen molar-refractivity contribution in [2.45, 2.75) is 0 Å². The molecule has 4 heterocycles. The van der Waals surface area contributed by atoms with Gasteiger partial charge in [-0.05, 0) is 13.1 Å². The van der Waals surface area contributed by atoms with Gasteiger partial charge in [0.15, 0.2) is 0 Å². The van der Waals surface area contributed by atoms with Gasteiger partial charge in [-0.25, -0.2) is 19.9 Å². The fraction of sp³-hybridized carbons (Fsp3) is 0.500. The van der Waals surface area contributed by atoms with E-state index in [1.165, 1.54) is 0 Å². The summed E-state index contributed by atoms with van der Waals surface area (Å²) in [7, 11) is 2.07. The normalized spacial score (nSPS) is 18.6. The number of nitrogens with zero attached hydrogens (tertiary/aromatic N) is 8. The maximum atomic E-state index is 12.6. The Morgan fingerprint density at radius 3 is 2.11 bits per heavy atom. The molecule has 0 spiro atoms. The Hall–Kier alpha value is -2.81. The van der Waals surface area contributed by atoms with Crippen LogP contribution in [0, 0.1) is 0 Å². The highest BCUT2D eigenvalue weighted by atomic mass is 16.2. The van der Waals surface area contributed by atoms with Crippen LogP contribution in [0.5, 0.6) is 0 Å². The van der Waals surface area contributed by atoms with E-state index in [2.05, 4.69) is 41.7 Å². The number of piperazine rings is 2. The second-order valence-electron chi connectivity index (χ2n) is 6.88. The van der Waals surface area contributed by atoms with E-state index in [4.69, 9.17) is 0 Å². The topological polar surface area (TPSA) is 81.6 Å². The molecule has 0 aliphatic carbocycles. The molecule has 9 heteroatoms. The van der Waals surface area contributed by atoms with E-state index in [1.54, 1.807) is 24.8 Å². The lowest BCUT2D eigenvalue weighted by Gasteiger charge is -2.35. The summed E-state index contributed by atoms with van der Waals surface area (Å²) in [6.45, 7) is 6.56. The molecule has 27 heavy (non-hydrogen) atoms. The monoisotopic (exact) mass is 368 g/mol. The van der Waals surface area contributed by atoms with Crippen LogP contribution in [0.4, 0.5) is 11.8 Å². The smallest absolute Gasteiger partial charge is 0.274 e. The predicted molar refractivity (Wildman–Crippen MR) is 102 cm³/mol. The average Bonchev–Trinajstić information content (AvgIpc) is 2.75. The van der Waals surface area contributed by atoms with Crippen molar-refractivity contribution in [2.75, 3.05) is 69.2 Å². The van der Waals surface area contributed by atoms with Crippen LogP contribution in [0.25, 0.3) is 0 Å². The van der Waals surface area contributed by atoms with E-state index in [0.717, 1.165) is 64.1 Å². The van der Waals surface area contributed by atoms with Gasteiger partial charge in [0.1, 0.15) is 11.5 Å². The first-order valence-electron chi connectivity index (χ1n) is 9.27. The molecule has 9 nitrogen and oxygen atoms in total. The molecule has 0 aromatic carbocycles. The van der Waals surface area contributed by atoms with Crippen LogP contribution < -0.4 is 9.80 Å². The number of carbonyl (C=O) groups excluding carboxylic acids is 1. The number of carbonyl (C=O) groups is 1. The number of hydrogen-bond donors (Lipinski definition) is 0. The number of rotatable bonds is 3. The summed E-state index contributed by atoms with van der Waals surface area (Å²) in [5.74, 6) is 1.53. The van der Waals surface area contributed by atoms with E-state index in [9.17, 15) is 4.79 Å². The van der Waals surface area contributed by atoms with Crippen molar-refractivity contribution in [1.82, 2.24) is 29.7 Å². The molecule has 0 unspecified atom stereocenters. The zero-order valence-electron chi connectivity index (χ0n) is 15.5. The van der Waals surface area contributed by atoms with E-state index < -0.39 is 0 Å². The van der Waals surface area contributed by atoms with Gasteiger partial charge < -0.3 is 19.6 Å². The number of hydrogen-bond acceptors (Lipinski definition) is 8. The fourth-order valence-electron chi connectivity index (χ4n) is 3.36. The van der Waals surface area contributed by atoms with Gasteiger partial charge in [0.25, 0.3) is 5.91 Å². The van der Waals surface area contributed by atoms with Gasteiger partial charge in [0.05, 0.1) is 12.4 Å². The third-order valence-corrected chi connectivity index (χ3v) is 5.09. The fourth-order valence-corrected chi connectivity index (χ4v) is 3.36. The number of amides is 1. The minimum atomic E-state index is -0.0341. The van der Waals surface area contributed by atoms with Crippen LogP contribution in [-0.4, -0.2) is 95.0 Å². The number of likely N-dealkylation sites (N-methyl/N-ethyl adjacent to an activating group) is 1. The molecule has 0 radical (unpaired) electrons. The molecule has 0 bridgehead atoms. The molecule has 2 fully saturated rings. The minimum absolute atomic E-state index is 0.0341. The standard InChI is InChI=1S/C18H24N8O/c1-23-5-7-25(8-6-23)17(27)15-13-22-16(14-21-15)24-9-11-26(12-10-24)18-19-3-2-4-20-18/h2-4,13-14H,5-12H2,1H3. The molecule has 2 aromatic heterocycles. The van der Waals surface area contributed by atoms with Crippen molar-refractivity contribution in [3.05, 3.63) is 36.5 Å². The quantitative estimate of drug-likeness (QED) is 0.748. The van der Waals surface area contributed by atoms with E-state index in [0.29, 0.717) is 5.69 Å². The largest absolute Gasteiger partial charge is 0.352 e. The minimum Gasteiger partial charge on any atom is -0.352 e. The lowest BCUT2D eigenvalue weighted by atomic mass is 10.3. The molecule has 2 aliphatic rings. The van der Waals surface area contributed by atoms with Crippen LogP contribution >= 0.6 is 0 Å². The Kier molecular flexibility index (Phi) is 5.10. The molecular formula is C18H24N8O. The van der Waals surface area contributed by atoms with Gasteiger partial charge in [-0.1, -0.05) is 0 Å². The van der Waals surface area contributed by atoms with Gasteiger partial charge in [-0.3, -0.25) is 4.79 Å². The summed E-state index contributed by atoms with van der Waals surface area (Å²) in [5.41, 5.74) is 0.416. The first kappa shape index (κ1) is 17.6.